The Morgan fingerprint density at radius 2 is 1.86 bits per heavy atom. The van der Waals surface area contributed by atoms with Gasteiger partial charge in [0.25, 0.3) is 0 Å². The number of rotatable bonds is 1. The standard InChI is InChI=1S/C11H23FN2/c1-11(2,3)14-7-6-10(13(4)5)9(12)8-14/h9-10H,6-8H2,1-5H3/t9-,10?/m1/s1. The van der Waals surface area contributed by atoms with Gasteiger partial charge in [0.15, 0.2) is 0 Å². The van der Waals surface area contributed by atoms with Gasteiger partial charge in [-0.05, 0) is 41.3 Å². The van der Waals surface area contributed by atoms with Crippen LogP contribution in [0.1, 0.15) is 27.2 Å². The second kappa shape index (κ2) is 4.15. The van der Waals surface area contributed by atoms with E-state index < -0.39 is 6.17 Å². The van der Waals surface area contributed by atoms with Crippen molar-refractivity contribution in [2.45, 2.75) is 44.9 Å². The lowest BCUT2D eigenvalue weighted by atomic mass is 9.96. The van der Waals surface area contributed by atoms with Crippen LogP contribution in [-0.4, -0.2) is 54.7 Å². The summed E-state index contributed by atoms with van der Waals surface area (Å²) < 4.78 is 13.8. The lowest BCUT2D eigenvalue weighted by Gasteiger charge is -2.44. The summed E-state index contributed by atoms with van der Waals surface area (Å²) in [5, 5.41) is 0. The normalized spacial score (nSPS) is 31.1. The van der Waals surface area contributed by atoms with Crippen molar-refractivity contribution in [1.82, 2.24) is 9.80 Å². The maximum atomic E-state index is 13.8. The number of hydrogen-bond acceptors (Lipinski definition) is 2. The van der Waals surface area contributed by atoms with Gasteiger partial charge in [0.1, 0.15) is 6.17 Å². The first-order chi connectivity index (χ1) is 6.32. The zero-order chi connectivity index (χ0) is 10.9. The molecule has 1 unspecified atom stereocenters. The van der Waals surface area contributed by atoms with Crippen molar-refractivity contribution in [3.8, 4) is 0 Å². The van der Waals surface area contributed by atoms with Gasteiger partial charge in [-0.15, -0.1) is 0 Å². The molecule has 0 amide bonds. The molecule has 0 N–H and O–H groups in total. The average molecular weight is 202 g/mol. The monoisotopic (exact) mass is 202 g/mol. The van der Waals surface area contributed by atoms with Crippen molar-refractivity contribution < 1.29 is 4.39 Å². The molecular weight excluding hydrogens is 179 g/mol. The summed E-state index contributed by atoms with van der Waals surface area (Å²) in [6, 6.07) is 0.105. The number of hydrogen-bond donors (Lipinski definition) is 0. The molecule has 0 saturated carbocycles. The zero-order valence-electron chi connectivity index (χ0n) is 10.0. The number of nitrogens with zero attached hydrogens (tertiary/aromatic N) is 2. The zero-order valence-corrected chi connectivity index (χ0v) is 10.0. The molecule has 1 heterocycles. The quantitative estimate of drug-likeness (QED) is 0.639. The van der Waals surface area contributed by atoms with Crippen molar-refractivity contribution in [3.63, 3.8) is 0 Å². The second-order valence-corrected chi connectivity index (χ2v) is 5.45. The van der Waals surface area contributed by atoms with Gasteiger partial charge in [-0.3, -0.25) is 4.90 Å². The third-order valence-corrected chi connectivity index (χ3v) is 3.12. The highest BCUT2D eigenvalue weighted by Crippen LogP contribution is 2.23. The van der Waals surface area contributed by atoms with Gasteiger partial charge < -0.3 is 4.90 Å². The highest BCUT2D eigenvalue weighted by Gasteiger charge is 2.34. The van der Waals surface area contributed by atoms with Crippen LogP contribution >= 0.6 is 0 Å². The Labute approximate surface area is 87.1 Å². The molecule has 3 heteroatoms. The fourth-order valence-corrected chi connectivity index (χ4v) is 2.08. The molecule has 0 aromatic rings. The van der Waals surface area contributed by atoms with Crippen molar-refractivity contribution in [2.24, 2.45) is 0 Å². The van der Waals surface area contributed by atoms with Crippen molar-refractivity contribution in [1.29, 1.82) is 0 Å². The van der Waals surface area contributed by atoms with Gasteiger partial charge in [0.05, 0.1) is 0 Å². The molecule has 1 saturated heterocycles. The molecule has 84 valence electrons. The van der Waals surface area contributed by atoms with Gasteiger partial charge in [-0.2, -0.15) is 0 Å². The Balaban J connectivity index is 2.55. The van der Waals surface area contributed by atoms with Gasteiger partial charge in [-0.25, -0.2) is 4.39 Å². The maximum Gasteiger partial charge on any atom is 0.128 e. The minimum atomic E-state index is -0.710. The Morgan fingerprint density at radius 1 is 1.29 bits per heavy atom. The first kappa shape index (κ1) is 11.9. The summed E-state index contributed by atoms with van der Waals surface area (Å²) in [6.45, 7) is 8.03. The van der Waals surface area contributed by atoms with Gasteiger partial charge >= 0.3 is 0 Å². The first-order valence-electron chi connectivity index (χ1n) is 5.38. The van der Waals surface area contributed by atoms with E-state index in [1.165, 1.54) is 0 Å². The van der Waals surface area contributed by atoms with Gasteiger partial charge in [0.2, 0.25) is 0 Å². The van der Waals surface area contributed by atoms with E-state index in [1.54, 1.807) is 0 Å². The van der Waals surface area contributed by atoms with E-state index in [0.717, 1.165) is 13.0 Å². The van der Waals surface area contributed by atoms with Gasteiger partial charge in [0, 0.05) is 24.7 Å². The molecule has 2 nitrogen and oxygen atoms in total. The minimum absolute atomic E-state index is 0.0988. The molecule has 0 aromatic heterocycles. The third kappa shape index (κ3) is 2.67. The summed E-state index contributed by atoms with van der Waals surface area (Å²) in [6.07, 6.45) is 0.226. The smallest absolute Gasteiger partial charge is 0.128 e. The summed E-state index contributed by atoms with van der Waals surface area (Å²) in [5.74, 6) is 0. The molecule has 0 spiro atoms. The van der Waals surface area contributed by atoms with Crippen LogP contribution in [0, 0.1) is 0 Å². The molecule has 1 aliphatic rings. The van der Waals surface area contributed by atoms with Crippen molar-refractivity contribution >= 4 is 0 Å². The minimum Gasteiger partial charge on any atom is -0.303 e. The van der Waals surface area contributed by atoms with Gasteiger partial charge in [-0.1, -0.05) is 0 Å². The van der Waals surface area contributed by atoms with Crippen LogP contribution in [0.15, 0.2) is 0 Å². The molecule has 1 fully saturated rings. The van der Waals surface area contributed by atoms with E-state index in [0.29, 0.717) is 6.54 Å². The summed E-state index contributed by atoms with van der Waals surface area (Å²) in [4.78, 5) is 4.24. The molecule has 14 heavy (non-hydrogen) atoms. The van der Waals surface area contributed by atoms with E-state index in [-0.39, 0.29) is 11.6 Å². The van der Waals surface area contributed by atoms with Crippen molar-refractivity contribution in [3.05, 3.63) is 0 Å². The predicted molar refractivity (Wildman–Crippen MR) is 58.3 cm³/mol. The molecule has 2 atom stereocenters. The topological polar surface area (TPSA) is 6.48 Å². The number of piperidine rings is 1. The molecule has 0 radical (unpaired) electrons. The number of halogens is 1. The Hall–Kier alpha value is -0.150. The van der Waals surface area contributed by atoms with Crippen LogP contribution in [0.4, 0.5) is 4.39 Å². The molecule has 1 rings (SSSR count). The highest BCUT2D eigenvalue weighted by molar-refractivity contribution is 4.89. The fraction of sp³-hybridized carbons (Fsp3) is 1.00. The van der Waals surface area contributed by atoms with Crippen molar-refractivity contribution in [2.75, 3.05) is 27.2 Å². The van der Waals surface area contributed by atoms with E-state index >= 15 is 0 Å². The Morgan fingerprint density at radius 3 is 2.21 bits per heavy atom. The maximum absolute atomic E-state index is 13.8. The van der Waals surface area contributed by atoms with Crippen LogP contribution < -0.4 is 0 Å². The lowest BCUT2D eigenvalue weighted by molar-refractivity contribution is 0.0137. The molecule has 1 aliphatic heterocycles. The van der Waals surface area contributed by atoms with Crippen LogP contribution in [0.5, 0.6) is 0 Å². The number of likely N-dealkylation sites (tertiary alicyclic amines) is 1. The van der Waals surface area contributed by atoms with E-state index in [4.69, 9.17) is 0 Å². The molecule has 0 aliphatic carbocycles. The average Bonchev–Trinajstić information content (AvgIpc) is 2.01. The second-order valence-electron chi connectivity index (χ2n) is 5.45. The summed E-state index contributed by atoms with van der Waals surface area (Å²) in [7, 11) is 3.92. The first-order valence-corrected chi connectivity index (χ1v) is 5.38. The summed E-state index contributed by atoms with van der Waals surface area (Å²) in [5.41, 5.74) is 0.0988. The summed E-state index contributed by atoms with van der Waals surface area (Å²) >= 11 is 0. The van der Waals surface area contributed by atoms with Crippen LogP contribution in [0.2, 0.25) is 0 Å². The largest absolute Gasteiger partial charge is 0.303 e. The molecule has 0 bridgehead atoms. The Kier molecular flexibility index (Phi) is 3.53. The highest BCUT2D eigenvalue weighted by atomic mass is 19.1. The van der Waals surface area contributed by atoms with E-state index in [1.807, 2.05) is 19.0 Å². The molecular formula is C11H23FN2. The predicted octanol–water partition coefficient (Wildman–Crippen LogP) is 1.76. The van der Waals surface area contributed by atoms with E-state index in [9.17, 15) is 4.39 Å². The molecule has 0 aromatic carbocycles. The van der Waals surface area contributed by atoms with Crippen LogP contribution in [-0.2, 0) is 0 Å². The van der Waals surface area contributed by atoms with Crippen LogP contribution in [0.25, 0.3) is 0 Å². The van der Waals surface area contributed by atoms with E-state index in [2.05, 4.69) is 25.7 Å². The third-order valence-electron chi connectivity index (χ3n) is 3.12. The van der Waals surface area contributed by atoms with Crippen LogP contribution in [0.3, 0.4) is 0 Å². The number of alkyl halides is 1. The fourth-order valence-electron chi connectivity index (χ4n) is 2.08. The lowest BCUT2D eigenvalue weighted by Crippen LogP contribution is -2.55. The SMILES string of the molecule is CN(C)C1CCN(C(C)(C)C)C[C@H]1F. The Bertz CT molecular complexity index is 186.